The van der Waals surface area contributed by atoms with E-state index >= 15 is 0 Å². The summed E-state index contributed by atoms with van der Waals surface area (Å²) in [6.07, 6.45) is 3.57. The van der Waals surface area contributed by atoms with Crippen molar-refractivity contribution in [2.75, 3.05) is 20.3 Å². The van der Waals surface area contributed by atoms with Crippen LogP contribution in [-0.2, 0) is 64.4 Å². The van der Waals surface area contributed by atoms with E-state index in [1.807, 2.05) is 84.9 Å². The van der Waals surface area contributed by atoms with Crippen molar-refractivity contribution < 1.29 is 38.0 Å². The standard InChI is InChI=1S/C44H54O8/c1-46-40(45)28-18-4-2-3-5-19-29-48-44-43(51-33-38-26-16-9-17-27-38)42(50-32-37-24-14-8-15-25-37)41(49-31-36-22-12-7-13-23-36)39(52-44)34-47-30-35-20-10-6-11-21-35/h6-17,20-27,39,41-44H,2-5,18-19,28-34H2,1H3/t39-,41+,42+,43-,44+/m1/s1. The Kier molecular flexibility index (Phi) is 17.3. The quantitative estimate of drug-likeness (QED) is 0.0560. The van der Waals surface area contributed by atoms with E-state index in [9.17, 15) is 4.79 Å². The SMILES string of the molecule is COC(=O)CCCCCCCCO[C@H]1O[C@H](COCc2ccccc2)[C@H](OCc2ccccc2)[C@H](OCc2ccccc2)[C@H]1OCc1ccccc1. The average Bonchev–Trinajstić information content (AvgIpc) is 3.20. The summed E-state index contributed by atoms with van der Waals surface area (Å²) in [6, 6.07) is 40.5. The third kappa shape index (κ3) is 13.6. The molecule has 0 aliphatic carbocycles. The van der Waals surface area contributed by atoms with Gasteiger partial charge in [0.25, 0.3) is 0 Å². The fourth-order valence-electron chi connectivity index (χ4n) is 6.26. The topological polar surface area (TPSA) is 81.7 Å². The van der Waals surface area contributed by atoms with Gasteiger partial charge in [-0.3, -0.25) is 4.79 Å². The van der Waals surface area contributed by atoms with Gasteiger partial charge in [-0.2, -0.15) is 0 Å². The Morgan fingerprint density at radius 3 is 1.48 bits per heavy atom. The predicted molar refractivity (Wildman–Crippen MR) is 200 cm³/mol. The molecule has 0 amide bonds. The molecule has 1 aliphatic heterocycles. The Hall–Kier alpha value is -3.89. The number of ether oxygens (including phenoxy) is 7. The first-order valence-electron chi connectivity index (χ1n) is 18.6. The molecule has 0 N–H and O–H groups in total. The summed E-state index contributed by atoms with van der Waals surface area (Å²) >= 11 is 0. The number of carbonyl (C=O) groups excluding carboxylic acids is 1. The van der Waals surface area contributed by atoms with Gasteiger partial charge >= 0.3 is 5.97 Å². The third-order valence-corrected chi connectivity index (χ3v) is 9.13. The van der Waals surface area contributed by atoms with Gasteiger partial charge in [-0.05, 0) is 35.1 Å². The lowest BCUT2D eigenvalue weighted by atomic mass is 9.97. The minimum absolute atomic E-state index is 0.146. The van der Waals surface area contributed by atoms with E-state index in [1.54, 1.807) is 0 Å². The Labute approximate surface area is 309 Å². The second kappa shape index (κ2) is 22.9. The molecule has 1 heterocycles. The van der Waals surface area contributed by atoms with Crippen molar-refractivity contribution in [3.05, 3.63) is 144 Å². The second-order valence-corrected chi connectivity index (χ2v) is 13.1. The largest absolute Gasteiger partial charge is 0.469 e. The smallest absolute Gasteiger partial charge is 0.305 e. The van der Waals surface area contributed by atoms with Gasteiger partial charge < -0.3 is 33.2 Å². The highest BCUT2D eigenvalue weighted by atomic mass is 16.7. The zero-order valence-corrected chi connectivity index (χ0v) is 30.4. The molecule has 4 aromatic rings. The van der Waals surface area contributed by atoms with Crippen LogP contribution in [0.2, 0.25) is 0 Å². The van der Waals surface area contributed by atoms with E-state index in [4.69, 9.17) is 33.2 Å². The van der Waals surface area contributed by atoms with E-state index in [-0.39, 0.29) is 12.6 Å². The monoisotopic (exact) mass is 710 g/mol. The van der Waals surface area contributed by atoms with E-state index in [1.165, 1.54) is 7.11 Å². The Bertz CT molecular complexity index is 1500. The first-order chi connectivity index (χ1) is 25.7. The van der Waals surface area contributed by atoms with Crippen LogP contribution in [0.4, 0.5) is 0 Å². The maximum Gasteiger partial charge on any atom is 0.305 e. The maximum absolute atomic E-state index is 11.4. The fourth-order valence-corrected chi connectivity index (χ4v) is 6.26. The zero-order valence-electron chi connectivity index (χ0n) is 30.4. The number of rotatable bonds is 23. The minimum Gasteiger partial charge on any atom is -0.469 e. The molecule has 0 bridgehead atoms. The fraction of sp³-hybridized carbons (Fsp3) is 0.432. The van der Waals surface area contributed by atoms with Gasteiger partial charge in [0.15, 0.2) is 6.29 Å². The highest BCUT2D eigenvalue weighted by Gasteiger charge is 2.49. The predicted octanol–water partition coefficient (Wildman–Crippen LogP) is 8.60. The number of unbranched alkanes of at least 4 members (excludes halogenated alkanes) is 5. The van der Waals surface area contributed by atoms with Crippen molar-refractivity contribution in [3.8, 4) is 0 Å². The summed E-state index contributed by atoms with van der Waals surface area (Å²) in [5.74, 6) is -0.146. The van der Waals surface area contributed by atoms with Crippen LogP contribution < -0.4 is 0 Å². The first kappa shape index (κ1) is 39.3. The van der Waals surface area contributed by atoms with Crippen molar-refractivity contribution in [1.29, 1.82) is 0 Å². The summed E-state index contributed by atoms with van der Waals surface area (Å²) in [4.78, 5) is 11.4. The van der Waals surface area contributed by atoms with Crippen LogP contribution in [0, 0.1) is 0 Å². The molecular formula is C44H54O8. The summed E-state index contributed by atoms with van der Waals surface area (Å²) < 4.78 is 44.6. The lowest BCUT2D eigenvalue weighted by Crippen LogP contribution is -2.61. The molecule has 0 spiro atoms. The molecule has 0 unspecified atom stereocenters. The van der Waals surface area contributed by atoms with Crippen molar-refractivity contribution in [3.63, 3.8) is 0 Å². The molecule has 4 aromatic carbocycles. The van der Waals surface area contributed by atoms with Crippen molar-refractivity contribution in [2.24, 2.45) is 0 Å². The molecule has 8 nitrogen and oxygen atoms in total. The Morgan fingerprint density at radius 1 is 0.519 bits per heavy atom. The molecule has 8 heteroatoms. The average molecular weight is 711 g/mol. The number of carbonyl (C=O) groups is 1. The van der Waals surface area contributed by atoms with Gasteiger partial charge in [-0.1, -0.05) is 147 Å². The van der Waals surface area contributed by atoms with Crippen LogP contribution in [0.15, 0.2) is 121 Å². The van der Waals surface area contributed by atoms with Gasteiger partial charge in [0.1, 0.15) is 24.4 Å². The van der Waals surface area contributed by atoms with E-state index in [0.29, 0.717) is 39.5 Å². The van der Waals surface area contributed by atoms with Gasteiger partial charge in [0.05, 0.1) is 40.1 Å². The van der Waals surface area contributed by atoms with Crippen LogP contribution in [0.1, 0.15) is 67.2 Å². The second-order valence-electron chi connectivity index (χ2n) is 13.1. The lowest BCUT2D eigenvalue weighted by Gasteiger charge is -2.46. The lowest BCUT2D eigenvalue weighted by molar-refractivity contribution is -0.328. The molecule has 52 heavy (non-hydrogen) atoms. The number of benzene rings is 4. The molecule has 278 valence electrons. The summed E-state index contributed by atoms with van der Waals surface area (Å²) in [6.45, 7) is 2.37. The van der Waals surface area contributed by atoms with Crippen molar-refractivity contribution in [1.82, 2.24) is 0 Å². The molecule has 0 aromatic heterocycles. The minimum atomic E-state index is -0.702. The van der Waals surface area contributed by atoms with Crippen LogP contribution in [0.25, 0.3) is 0 Å². The number of hydrogen-bond donors (Lipinski definition) is 0. The summed E-state index contributed by atoms with van der Waals surface area (Å²) in [5, 5.41) is 0. The molecular weight excluding hydrogens is 656 g/mol. The molecule has 5 rings (SSSR count). The van der Waals surface area contributed by atoms with Gasteiger partial charge in [-0.15, -0.1) is 0 Å². The van der Waals surface area contributed by atoms with Gasteiger partial charge in [0.2, 0.25) is 0 Å². The molecule has 1 fully saturated rings. The molecule has 1 saturated heterocycles. The van der Waals surface area contributed by atoms with Crippen molar-refractivity contribution >= 4 is 5.97 Å². The van der Waals surface area contributed by atoms with E-state index in [2.05, 4.69) is 36.4 Å². The van der Waals surface area contributed by atoms with Gasteiger partial charge in [0, 0.05) is 13.0 Å². The first-order valence-corrected chi connectivity index (χ1v) is 18.6. The van der Waals surface area contributed by atoms with E-state index < -0.39 is 30.7 Å². The van der Waals surface area contributed by atoms with E-state index in [0.717, 1.165) is 60.8 Å². The molecule has 1 aliphatic rings. The van der Waals surface area contributed by atoms with Crippen molar-refractivity contribution in [2.45, 2.75) is 102 Å². The highest BCUT2D eigenvalue weighted by Crippen LogP contribution is 2.32. The Balaban J connectivity index is 1.32. The molecule has 5 atom stereocenters. The van der Waals surface area contributed by atoms with Crippen LogP contribution in [0.5, 0.6) is 0 Å². The van der Waals surface area contributed by atoms with Crippen LogP contribution >= 0.6 is 0 Å². The summed E-state index contributed by atoms with van der Waals surface area (Å²) in [5.41, 5.74) is 4.24. The Morgan fingerprint density at radius 2 is 0.962 bits per heavy atom. The zero-order chi connectivity index (χ0) is 36.1. The number of hydrogen-bond acceptors (Lipinski definition) is 8. The maximum atomic E-state index is 11.4. The highest BCUT2D eigenvalue weighted by molar-refractivity contribution is 5.68. The van der Waals surface area contributed by atoms with Crippen LogP contribution in [-0.4, -0.2) is 57.0 Å². The number of methoxy groups -OCH3 is 1. The number of esters is 1. The van der Waals surface area contributed by atoms with Crippen LogP contribution in [0.3, 0.4) is 0 Å². The normalized spacial score (nSPS) is 20.1. The molecule has 0 saturated carbocycles. The molecule has 0 radical (unpaired) electrons. The third-order valence-electron chi connectivity index (χ3n) is 9.13. The summed E-state index contributed by atoms with van der Waals surface area (Å²) in [7, 11) is 1.44. The van der Waals surface area contributed by atoms with Gasteiger partial charge in [-0.25, -0.2) is 0 Å².